The third-order valence-electron chi connectivity index (χ3n) is 3.50. The van der Waals surface area contributed by atoms with Crippen LogP contribution in [0.2, 0.25) is 0 Å². The van der Waals surface area contributed by atoms with Crippen molar-refractivity contribution < 1.29 is 14.6 Å². The summed E-state index contributed by atoms with van der Waals surface area (Å²) in [4.78, 5) is 17.3. The Morgan fingerprint density at radius 2 is 2.21 bits per heavy atom. The molecule has 1 saturated carbocycles. The predicted molar refractivity (Wildman–Crippen MR) is 71.3 cm³/mol. The lowest BCUT2D eigenvalue weighted by atomic mass is 10.1. The number of ether oxygens (including phenoxy) is 1. The molecule has 0 bridgehead atoms. The molecule has 19 heavy (non-hydrogen) atoms. The van der Waals surface area contributed by atoms with Gasteiger partial charge in [0.15, 0.2) is 0 Å². The normalized spacial score (nSPS) is 14.7. The largest absolute Gasteiger partial charge is 0.496 e. The van der Waals surface area contributed by atoms with Crippen molar-refractivity contribution in [1.82, 2.24) is 9.88 Å². The Hall–Kier alpha value is -1.62. The van der Waals surface area contributed by atoms with Gasteiger partial charge in [0.1, 0.15) is 5.75 Å². The van der Waals surface area contributed by atoms with E-state index in [4.69, 9.17) is 9.84 Å². The molecular weight excluding hydrogens is 244 g/mol. The molecule has 1 fully saturated rings. The van der Waals surface area contributed by atoms with E-state index >= 15 is 0 Å². The summed E-state index contributed by atoms with van der Waals surface area (Å²) in [6.07, 6.45) is 3.94. The molecule has 5 nitrogen and oxygen atoms in total. The number of nitrogens with zero attached hydrogens (tertiary/aromatic N) is 2. The molecule has 1 N–H and O–H groups in total. The van der Waals surface area contributed by atoms with Crippen molar-refractivity contribution in [3.8, 4) is 5.75 Å². The van der Waals surface area contributed by atoms with Crippen LogP contribution in [0.15, 0.2) is 6.20 Å². The van der Waals surface area contributed by atoms with E-state index in [1.54, 1.807) is 13.3 Å². The second-order valence-corrected chi connectivity index (χ2v) is 5.08. The lowest BCUT2D eigenvalue weighted by Gasteiger charge is -2.21. The molecule has 1 aliphatic rings. The minimum atomic E-state index is -0.788. The monoisotopic (exact) mass is 264 g/mol. The van der Waals surface area contributed by atoms with Crippen LogP contribution in [-0.4, -0.2) is 40.7 Å². The van der Waals surface area contributed by atoms with E-state index in [1.165, 1.54) is 0 Å². The van der Waals surface area contributed by atoms with Crippen molar-refractivity contribution in [1.29, 1.82) is 0 Å². The lowest BCUT2D eigenvalue weighted by Crippen LogP contribution is -2.32. The minimum absolute atomic E-state index is 0.0714. The first kappa shape index (κ1) is 13.8. The third kappa shape index (κ3) is 3.23. The summed E-state index contributed by atoms with van der Waals surface area (Å²) < 4.78 is 5.38. The van der Waals surface area contributed by atoms with E-state index in [-0.39, 0.29) is 6.54 Å². The van der Waals surface area contributed by atoms with Gasteiger partial charge in [-0.15, -0.1) is 0 Å². The van der Waals surface area contributed by atoms with Gasteiger partial charge in [-0.05, 0) is 26.7 Å². The zero-order chi connectivity index (χ0) is 14.0. The molecule has 0 unspecified atom stereocenters. The van der Waals surface area contributed by atoms with Gasteiger partial charge in [0.25, 0.3) is 0 Å². The summed E-state index contributed by atoms with van der Waals surface area (Å²) in [7, 11) is 1.65. The third-order valence-corrected chi connectivity index (χ3v) is 3.50. The van der Waals surface area contributed by atoms with Gasteiger partial charge in [0.2, 0.25) is 0 Å². The number of aryl methyl sites for hydroxylation is 1. The van der Waals surface area contributed by atoms with E-state index in [1.807, 2.05) is 18.7 Å². The van der Waals surface area contributed by atoms with E-state index in [0.29, 0.717) is 12.6 Å². The number of aromatic nitrogens is 1. The Morgan fingerprint density at radius 3 is 2.74 bits per heavy atom. The number of pyridine rings is 1. The number of hydrogen-bond donors (Lipinski definition) is 1. The van der Waals surface area contributed by atoms with E-state index in [0.717, 1.165) is 35.4 Å². The van der Waals surface area contributed by atoms with E-state index < -0.39 is 5.97 Å². The summed E-state index contributed by atoms with van der Waals surface area (Å²) in [5.41, 5.74) is 2.90. The van der Waals surface area contributed by atoms with Gasteiger partial charge >= 0.3 is 5.97 Å². The number of rotatable bonds is 6. The fourth-order valence-electron chi connectivity index (χ4n) is 2.35. The van der Waals surface area contributed by atoms with Gasteiger partial charge in [0.05, 0.1) is 19.3 Å². The Balaban J connectivity index is 2.19. The average molecular weight is 264 g/mol. The van der Waals surface area contributed by atoms with Gasteiger partial charge in [-0.2, -0.15) is 0 Å². The van der Waals surface area contributed by atoms with Crippen molar-refractivity contribution in [2.24, 2.45) is 0 Å². The molecule has 1 aliphatic carbocycles. The molecule has 0 radical (unpaired) electrons. The molecule has 5 heteroatoms. The predicted octanol–water partition coefficient (Wildman–Crippen LogP) is 1.76. The average Bonchev–Trinajstić information content (AvgIpc) is 3.16. The lowest BCUT2D eigenvalue weighted by molar-refractivity contribution is -0.138. The van der Waals surface area contributed by atoms with E-state index in [2.05, 4.69) is 4.98 Å². The topological polar surface area (TPSA) is 62.7 Å². The molecule has 104 valence electrons. The minimum Gasteiger partial charge on any atom is -0.496 e. The zero-order valence-electron chi connectivity index (χ0n) is 11.6. The number of carboxylic acids is 1. The first-order valence-electron chi connectivity index (χ1n) is 6.47. The van der Waals surface area contributed by atoms with Gasteiger partial charge in [-0.1, -0.05) is 0 Å². The number of hydrogen-bond acceptors (Lipinski definition) is 4. The SMILES string of the molecule is COc1c(C)cnc(CN(CC(=O)O)C2CC2)c1C. The Labute approximate surface area is 113 Å². The fraction of sp³-hybridized carbons (Fsp3) is 0.571. The maximum absolute atomic E-state index is 10.9. The van der Waals surface area contributed by atoms with Crippen LogP contribution >= 0.6 is 0 Å². The first-order chi connectivity index (χ1) is 9.02. The summed E-state index contributed by atoms with van der Waals surface area (Å²) in [6.45, 7) is 4.57. The molecule has 0 aromatic carbocycles. The van der Waals surface area contributed by atoms with Crippen LogP contribution in [0.25, 0.3) is 0 Å². The zero-order valence-corrected chi connectivity index (χ0v) is 11.6. The molecule has 0 amide bonds. The van der Waals surface area contributed by atoms with Crippen molar-refractivity contribution >= 4 is 5.97 Å². The number of methoxy groups -OCH3 is 1. The molecule has 1 aromatic rings. The summed E-state index contributed by atoms with van der Waals surface area (Å²) in [5, 5.41) is 8.97. The maximum Gasteiger partial charge on any atom is 0.317 e. The van der Waals surface area contributed by atoms with Gasteiger partial charge < -0.3 is 9.84 Å². The number of carboxylic acid groups (broad SMARTS) is 1. The molecular formula is C14H20N2O3. The van der Waals surface area contributed by atoms with Crippen LogP contribution in [-0.2, 0) is 11.3 Å². The Kier molecular flexibility index (Phi) is 4.04. The first-order valence-corrected chi connectivity index (χ1v) is 6.47. The maximum atomic E-state index is 10.9. The molecule has 0 atom stereocenters. The molecule has 1 aromatic heterocycles. The molecule has 2 rings (SSSR count). The highest BCUT2D eigenvalue weighted by atomic mass is 16.5. The van der Waals surface area contributed by atoms with Crippen LogP contribution in [0.1, 0.15) is 29.7 Å². The summed E-state index contributed by atoms with van der Waals surface area (Å²) in [5.74, 6) is 0.0553. The molecule has 1 heterocycles. The number of carbonyl (C=O) groups is 1. The summed E-state index contributed by atoms with van der Waals surface area (Å²) in [6, 6.07) is 0.393. The van der Waals surface area contributed by atoms with Gasteiger partial charge in [-0.25, -0.2) is 0 Å². The second-order valence-electron chi connectivity index (χ2n) is 5.08. The standard InChI is InChI=1S/C14H20N2O3/c1-9-6-15-12(10(2)14(9)19-3)7-16(8-13(17)18)11-4-5-11/h6,11H,4-5,7-8H2,1-3H3,(H,17,18). The van der Waals surface area contributed by atoms with Gasteiger partial charge in [-0.3, -0.25) is 14.7 Å². The van der Waals surface area contributed by atoms with Crippen molar-refractivity contribution in [3.05, 3.63) is 23.0 Å². The summed E-state index contributed by atoms with van der Waals surface area (Å²) >= 11 is 0. The van der Waals surface area contributed by atoms with Crippen LogP contribution in [0.5, 0.6) is 5.75 Å². The molecule has 0 aliphatic heterocycles. The highest BCUT2D eigenvalue weighted by molar-refractivity contribution is 5.69. The smallest absolute Gasteiger partial charge is 0.317 e. The van der Waals surface area contributed by atoms with Crippen LogP contribution in [0, 0.1) is 13.8 Å². The molecule has 0 saturated heterocycles. The van der Waals surface area contributed by atoms with Crippen molar-refractivity contribution in [3.63, 3.8) is 0 Å². The van der Waals surface area contributed by atoms with Gasteiger partial charge in [0, 0.05) is 29.9 Å². The van der Waals surface area contributed by atoms with Crippen LogP contribution < -0.4 is 4.74 Å². The highest BCUT2D eigenvalue weighted by Crippen LogP contribution is 2.30. The fourth-order valence-corrected chi connectivity index (χ4v) is 2.35. The van der Waals surface area contributed by atoms with E-state index in [9.17, 15) is 4.79 Å². The number of aliphatic carboxylic acids is 1. The highest BCUT2D eigenvalue weighted by Gasteiger charge is 2.31. The Bertz CT molecular complexity index is 484. The second kappa shape index (κ2) is 5.57. The van der Waals surface area contributed by atoms with Crippen molar-refractivity contribution in [2.75, 3.05) is 13.7 Å². The quantitative estimate of drug-likeness (QED) is 0.848. The molecule has 0 spiro atoms. The van der Waals surface area contributed by atoms with Crippen molar-refractivity contribution in [2.45, 2.75) is 39.3 Å². The van der Waals surface area contributed by atoms with Crippen LogP contribution in [0.3, 0.4) is 0 Å². The van der Waals surface area contributed by atoms with Crippen LogP contribution in [0.4, 0.5) is 0 Å². The Morgan fingerprint density at radius 1 is 1.53 bits per heavy atom.